The molecule has 0 spiro atoms. The highest BCUT2D eigenvalue weighted by molar-refractivity contribution is 5.92. The van der Waals surface area contributed by atoms with Crippen molar-refractivity contribution in [3.8, 4) is 0 Å². The summed E-state index contributed by atoms with van der Waals surface area (Å²) in [7, 11) is 0. The zero-order chi connectivity index (χ0) is 21.1. The van der Waals surface area contributed by atoms with Gasteiger partial charge in [0.25, 0.3) is 0 Å². The zero-order valence-corrected chi connectivity index (χ0v) is 17.5. The van der Waals surface area contributed by atoms with Gasteiger partial charge in [-0.15, -0.1) is 0 Å². The lowest BCUT2D eigenvalue weighted by molar-refractivity contribution is -0.114. The molecule has 0 unspecified atom stereocenters. The topological polar surface area (TPSA) is 48.5 Å². The second kappa shape index (κ2) is 8.79. The Labute approximate surface area is 176 Å². The first-order valence-corrected chi connectivity index (χ1v) is 10.4. The van der Waals surface area contributed by atoms with Crippen LogP contribution in [-0.4, -0.2) is 48.5 Å². The van der Waals surface area contributed by atoms with Crippen LogP contribution in [-0.2, 0) is 11.2 Å². The van der Waals surface area contributed by atoms with Crippen LogP contribution in [0.2, 0.25) is 0 Å². The van der Waals surface area contributed by atoms with Crippen molar-refractivity contribution < 1.29 is 9.18 Å². The minimum absolute atomic E-state index is 0.0538. The maximum absolute atomic E-state index is 14.2. The lowest BCUT2D eigenvalue weighted by atomic mass is 10.1. The summed E-state index contributed by atoms with van der Waals surface area (Å²) < 4.78 is 14.2. The van der Waals surface area contributed by atoms with E-state index in [1.54, 1.807) is 0 Å². The number of nitrogens with one attached hydrogen (secondary N) is 1. The number of carbonyl (C=O) groups excluding carboxylic acids is 1. The average Bonchev–Trinajstić information content (AvgIpc) is 2.73. The SMILES string of the molecule is CC(=O)Nc1cccc(CCN2CCN(c3ccc(F)c4nc(C)ccc34)CC2)c1. The molecule has 0 saturated carbocycles. The van der Waals surface area contributed by atoms with Gasteiger partial charge in [0.2, 0.25) is 5.91 Å². The number of rotatable bonds is 5. The third-order valence-electron chi connectivity index (χ3n) is 5.60. The molecule has 156 valence electrons. The molecule has 2 aromatic carbocycles. The molecule has 3 aromatic rings. The molecule has 1 amide bonds. The molecule has 1 fully saturated rings. The van der Waals surface area contributed by atoms with Crippen LogP contribution in [0.4, 0.5) is 15.8 Å². The van der Waals surface area contributed by atoms with Crippen molar-refractivity contribution in [2.45, 2.75) is 20.3 Å². The minimum Gasteiger partial charge on any atom is -0.368 e. The lowest BCUT2D eigenvalue weighted by Crippen LogP contribution is -2.47. The fourth-order valence-corrected chi connectivity index (χ4v) is 4.05. The number of aromatic nitrogens is 1. The Hall–Kier alpha value is -2.99. The van der Waals surface area contributed by atoms with Gasteiger partial charge < -0.3 is 10.2 Å². The minimum atomic E-state index is -0.266. The van der Waals surface area contributed by atoms with Crippen LogP contribution < -0.4 is 10.2 Å². The van der Waals surface area contributed by atoms with E-state index in [2.05, 4.69) is 26.2 Å². The molecule has 0 radical (unpaired) electrons. The molecule has 30 heavy (non-hydrogen) atoms. The Morgan fingerprint density at radius 2 is 1.90 bits per heavy atom. The van der Waals surface area contributed by atoms with Gasteiger partial charge in [-0.2, -0.15) is 0 Å². The number of aryl methyl sites for hydroxylation is 1. The van der Waals surface area contributed by atoms with Crippen LogP contribution in [0.3, 0.4) is 0 Å². The normalized spacial score (nSPS) is 14.8. The summed E-state index contributed by atoms with van der Waals surface area (Å²) in [6.45, 7) is 8.11. The number of piperazine rings is 1. The molecule has 1 aromatic heterocycles. The number of benzene rings is 2. The van der Waals surface area contributed by atoms with E-state index in [4.69, 9.17) is 0 Å². The average molecular weight is 407 g/mol. The van der Waals surface area contributed by atoms with Gasteiger partial charge in [-0.05, 0) is 55.3 Å². The second-order valence-electron chi connectivity index (χ2n) is 7.88. The predicted molar refractivity (Wildman–Crippen MR) is 120 cm³/mol. The van der Waals surface area contributed by atoms with E-state index in [1.165, 1.54) is 18.6 Å². The number of hydrogen-bond acceptors (Lipinski definition) is 4. The Kier molecular flexibility index (Phi) is 5.95. The van der Waals surface area contributed by atoms with Crippen molar-refractivity contribution in [1.82, 2.24) is 9.88 Å². The third-order valence-corrected chi connectivity index (χ3v) is 5.60. The monoisotopic (exact) mass is 406 g/mol. The molecule has 1 aliphatic heterocycles. The Balaban J connectivity index is 1.37. The van der Waals surface area contributed by atoms with E-state index >= 15 is 0 Å². The molecule has 0 bridgehead atoms. The summed E-state index contributed by atoms with van der Waals surface area (Å²) in [5.41, 5.74) is 4.40. The Morgan fingerprint density at radius 3 is 2.67 bits per heavy atom. The fraction of sp³-hybridized carbons (Fsp3) is 0.333. The molecule has 1 aliphatic rings. The van der Waals surface area contributed by atoms with Gasteiger partial charge >= 0.3 is 0 Å². The van der Waals surface area contributed by atoms with Crippen molar-refractivity contribution in [3.63, 3.8) is 0 Å². The van der Waals surface area contributed by atoms with Gasteiger partial charge in [0, 0.05) is 62.1 Å². The molecule has 6 heteroatoms. The molecule has 0 atom stereocenters. The lowest BCUT2D eigenvalue weighted by Gasteiger charge is -2.36. The number of anilines is 2. The van der Waals surface area contributed by atoms with E-state index < -0.39 is 0 Å². The summed E-state index contributed by atoms with van der Waals surface area (Å²) in [5.74, 6) is -0.320. The third kappa shape index (κ3) is 4.60. The highest BCUT2D eigenvalue weighted by Gasteiger charge is 2.20. The number of halogens is 1. The standard InChI is InChI=1S/C24H27FN4O/c1-17-6-7-21-23(9-8-22(25)24(21)26-17)29-14-12-28(13-15-29)11-10-19-4-3-5-20(16-19)27-18(2)30/h3-9,16H,10-15H2,1-2H3,(H,27,30). The summed E-state index contributed by atoms with van der Waals surface area (Å²) in [6, 6.07) is 15.3. The second-order valence-corrected chi connectivity index (χ2v) is 7.88. The molecular weight excluding hydrogens is 379 g/mol. The van der Waals surface area contributed by atoms with Crippen LogP contribution >= 0.6 is 0 Å². The van der Waals surface area contributed by atoms with Crippen LogP contribution in [0.15, 0.2) is 48.5 Å². The zero-order valence-electron chi connectivity index (χ0n) is 17.5. The van der Waals surface area contributed by atoms with Gasteiger partial charge in [0.05, 0.1) is 0 Å². The molecule has 1 N–H and O–H groups in total. The molecule has 4 rings (SSSR count). The largest absolute Gasteiger partial charge is 0.368 e. The highest BCUT2D eigenvalue weighted by Crippen LogP contribution is 2.29. The van der Waals surface area contributed by atoms with Crippen molar-refractivity contribution >= 4 is 28.2 Å². The molecule has 1 saturated heterocycles. The van der Waals surface area contributed by atoms with E-state index in [1.807, 2.05) is 43.3 Å². The van der Waals surface area contributed by atoms with Gasteiger partial charge in [0.15, 0.2) is 0 Å². The van der Waals surface area contributed by atoms with E-state index in [0.29, 0.717) is 5.52 Å². The van der Waals surface area contributed by atoms with Crippen LogP contribution in [0.5, 0.6) is 0 Å². The number of fused-ring (bicyclic) bond motifs is 1. The summed E-state index contributed by atoms with van der Waals surface area (Å²) >= 11 is 0. The number of nitrogens with zero attached hydrogens (tertiary/aromatic N) is 3. The van der Waals surface area contributed by atoms with Gasteiger partial charge in [-0.25, -0.2) is 9.37 Å². The predicted octanol–water partition coefficient (Wildman–Crippen LogP) is 4.01. The summed E-state index contributed by atoms with van der Waals surface area (Å²) in [6.07, 6.45) is 0.941. The number of amides is 1. The first-order valence-electron chi connectivity index (χ1n) is 10.4. The van der Waals surface area contributed by atoms with Crippen molar-refractivity contribution in [1.29, 1.82) is 0 Å². The Bertz CT molecular complexity index is 1060. The van der Waals surface area contributed by atoms with Crippen molar-refractivity contribution in [2.75, 3.05) is 42.9 Å². The van der Waals surface area contributed by atoms with Gasteiger partial charge in [-0.3, -0.25) is 9.69 Å². The number of carbonyl (C=O) groups is 1. The molecule has 2 heterocycles. The summed E-state index contributed by atoms with van der Waals surface area (Å²) in [5, 5.41) is 3.72. The van der Waals surface area contributed by atoms with E-state index in [-0.39, 0.29) is 11.7 Å². The quantitative estimate of drug-likeness (QED) is 0.696. The van der Waals surface area contributed by atoms with E-state index in [0.717, 1.165) is 61.6 Å². The number of pyridine rings is 1. The van der Waals surface area contributed by atoms with Crippen LogP contribution in [0, 0.1) is 12.7 Å². The van der Waals surface area contributed by atoms with Gasteiger partial charge in [-0.1, -0.05) is 12.1 Å². The smallest absolute Gasteiger partial charge is 0.221 e. The molecular formula is C24H27FN4O. The molecule has 0 aliphatic carbocycles. The maximum atomic E-state index is 14.2. The van der Waals surface area contributed by atoms with E-state index in [9.17, 15) is 9.18 Å². The Morgan fingerprint density at radius 1 is 1.10 bits per heavy atom. The van der Waals surface area contributed by atoms with Gasteiger partial charge in [0.1, 0.15) is 11.3 Å². The first-order chi connectivity index (χ1) is 14.5. The summed E-state index contributed by atoms with van der Waals surface area (Å²) in [4.78, 5) is 20.4. The van der Waals surface area contributed by atoms with Crippen LogP contribution in [0.1, 0.15) is 18.2 Å². The van der Waals surface area contributed by atoms with Crippen LogP contribution in [0.25, 0.3) is 10.9 Å². The highest BCUT2D eigenvalue weighted by atomic mass is 19.1. The molecule has 5 nitrogen and oxygen atoms in total. The number of hydrogen-bond donors (Lipinski definition) is 1. The fourth-order valence-electron chi connectivity index (χ4n) is 4.05. The first kappa shape index (κ1) is 20.3. The maximum Gasteiger partial charge on any atom is 0.221 e. The van der Waals surface area contributed by atoms with Crippen molar-refractivity contribution in [3.05, 3.63) is 65.6 Å². The van der Waals surface area contributed by atoms with Crippen molar-refractivity contribution in [2.24, 2.45) is 0 Å².